The second kappa shape index (κ2) is 3.23. The lowest BCUT2D eigenvalue weighted by molar-refractivity contribution is -0.127. The molecule has 3 heteroatoms. The van der Waals surface area contributed by atoms with Crippen molar-refractivity contribution in [3.05, 3.63) is 11.3 Å². The van der Waals surface area contributed by atoms with E-state index in [0.29, 0.717) is 5.57 Å². The van der Waals surface area contributed by atoms with Crippen molar-refractivity contribution in [1.29, 1.82) is 0 Å². The Morgan fingerprint density at radius 2 is 2.00 bits per heavy atom. The van der Waals surface area contributed by atoms with Crippen LogP contribution in [0.4, 0.5) is 0 Å². The smallest absolute Gasteiger partial charge is 0.201 e. The predicted molar refractivity (Wildman–Crippen MR) is 52.9 cm³/mol. The van der Waals surface area contributed by atoms with Crippen LogP contribution in [0.5, 0.6) is 0 Å². The normalized spacial score (nSPS) is 25.7. The molecule has 0 aromatic carbocycles. The highest BCUT2D eigenvalue weighted by molar-refractivity contribution is 6.01. The molecule has 1 aliphatic rings. The Labute approximate surface area is 83.8 Å². The van der Waals surface area contributed by atoms with Gasteiger partial charge in [-0.15, -0.1) is 0 Å². The van der Waals surface area contributed by atoms with Crippen molar-refractivity contribution in [2.45, 2.75) is 34.1 Å². The Morgan fingerprint density at radius 3 is 2.29 bits per heavy atom. The quantitative estimate of drug-likeness (QED) is 0.735. The third kappa shape index (κ3) is 1.47. The number of ketones is 2. The van der Waals surface area contributed by atoms with Gasteiger partial charge < -0.3 is 9.90 Å². The van der Waals surface area contributed by atoms with Gasteiger partial charge in [-0.25, -0.2) is 0 Å². The number of carbonyl (C=O) groups is 2. The van der Waals surface area contributed by atoms with Crippen molar-refractivity contribution in [2.24, 2.45) is 11.3 Å². The number of Topliss-reactive ketones (excluding diaryl/α,β-unsaturated/α-hetero) is 2. The van der Waals surface area contributed by atoms with Crippen molar-refractivity contribution in [3.8, 4) is 0 Å². The van der Waals surface area contributed by atoms with Gasteiger partial charge in [0.2, 0.25) is 5.78 Å². The maximum Gasteiger partial charge on any atom is 0.201 e. The third-order valence-corrected chi connectivity index (χ3v) is 3.23. The molecule has 78 valence electrons. The molecule has 1 aliphatic carbocycles. The van der Waals surface area contributed by atoms with E-state index < -0.39 is 5.41 Å². The molecule has 0 amide bonds. The zero-order valence-electron chi connectivity index (χ0n) is 9.05. The van der Waals surface area contributed by atoms with E-state index >= 15 is 0 Å². The Kier molecular flexibility index (Phi) is 2.52. The molecule has 0 radical (unpaired) electrons. The lowest BCUT2D eigenvalue weighted by Gasteiger charge is -2.26. The van der Waals surface area contributed by atoms with E-state index in [-0.39, 0.29) is 29.7 Å². The molecule has 1 unspecified atom stereocenters. The van der Waals surface area contributed by atoms with Crippen molar-refractivity contribution in [3.63, 3.8) is 0 Å². The van der Waals surface area contributed by atoms with Gasteiger partial charge in [0.1, 0.15) is 5.78 Å². The molecule has 0 aromatic heterocycles. The van der Waals surface area contributed by atoms with Crippen LogP contribution in [0.3, 0.4) is 0 Å². The van der Waals surface area contributed by atoms with Crippen molar-refractivity contribution >= 4 is 11.6 Å². The van der Waals surface area contributed by atoms with Crippen LogP contribution in [-0.4, -0.2) is 16.7 Å². The van der Waals surface area contributed by atoms with Gasteiger partial charge in [-0.2, -0.15) is 0 Å². The molecule has 0 bridgehead atoms. The third-order valence-electron chi connectivity index (χ3n) is 3.23. The minimum absolute atomic E-state index is 0.0149. The van der Waals surface area contributed by atoms with Crippen molar-refractivity contribution in [2.75, 3.05) is 0 Å². The Bertz CT molecular complexity index is 323. The average molecular weight is 196 g/mol. The molecule has 1 rings (SSSR count). The van der Waals surface area contributed by atoms with Gasteiger partial charge in [0.15, 0.2) is 5.76 Å². The fourth-order valence-electron chi connectivity index (χ4n) is 1.88. The molecule has 14 heavy (non-hydrogen) atoms. The summed E-state index contributed by atoms with van der Waals surface area (Å²) >= 11 is 0. The monoisotopic (exact) mass is 196 g/mol. The highest BCUT2D eigenvalue weighted by Crippen LogP contribution is 2.45. The van der Waals surface area contributed by atoms with Crippen LogP contribution in [0, 0.1) is 11.3 Å². The topological polar surface area (TPSA) is 54.4 Å². The van der Waals surface area contributed by atoms with Crippen LogP contribution in [0.25, 0.3) is 0 Å². The van der Waals surface area contributed by atoms with Crippen LogP contribution >= 0.6 is 0 Å². The fraction of sp³-hybridized carbons (Fsp3) is 0.636. The number of hydrogen-bond acceptors (Lipinski definition) is 3. The van der Waals surface area contributed by atoms with Crippen molar-refractivity contribution < 1.29 is 14.7 Å². The van der Waals surface area contributed by atoms with E-state index in [0.717, 1.165) is 0 Å². The van der Waals surface area contributed by atoms with Crippen LogP contribution < -0.4 is 0 Å². The summed E-state index contributed by atoms with van der Waals surface area (Å²) in [4.78, 5) is 22.6. The fourth-order valence-corrected chi connectivity index (χ4v) is 1.88. The second-order valence-corrected chi connectivity index (χ2v) is 4.52. The first kappa shape index (κ1) is 11.0. The molecule has 0 fully saturated rings. The van der Waals surface area contributed by atoms with Gasteiger partial charge >= 0.3 is 0 Å². The summed E-state index contributed by atoms with van der Waals surface area (Å²) in [7, 11) is 0. The maximum absolute atomic E-state index is 11.6. The largest absolute Gasteiger partial charge is 0.504 e. The van der Waals surface area contributed by atoms with Gasteiger partial charge in [0.25, 0.3) is 0 Å². The summed E-state index contributed by atoms with van der Waals surface area (Å²) in [6.07, 6.45) is 0.216. The number of rotatable bonds is 2. The number of aliphatic hydroxyl groups is 1. The summed E-state index contributed by atoms with van der Waals surface area (Å²) in [6.45, 7) is 6.98. The Hall–Kier alpha value is -1.12. The zero-order valence-corrected chi connectivity index (χ0v) is 9.05. The molecule has 0 aliphatic heterocycles. The summed E-state index contributed by atoms with van der Waals surface area (Å²) in [6, 6.07) is 0. The van der Waals surface area contributed by atoms with E-state index in [9.17, 15) is 14.7 Å². The molecule has 0 saturated carbocycles. The van der Waals surface area contributed by atoms with Crippen LogP contribution in [0.15, 0.2) is 11.3 Å². The lowest BCUT2D eigenvalue weighted by atomic mass is 9.75. The van der Waals surface area contributed by atoms with Crippen molar-refractivity contribution in [1.82, 2.24) is 0 Å². The van der Waals surface area contributed by atoms with E-state index in [1.54, 1.807) is 6.92 Å². The number of carbonyl (C=O) groups excluding carboxylic acids is 2. The summed E-state index contributed by atoms with van der Waals surface area (Å²) in [5.74, 6) is -0.845. The van der Waals surface area contributed by atoms with Gasteiger partial charge in [-0.3, -0.25) is 4.79 Å². The lowest BCUT2D eigenvalue weighted by Crippen LogP contribution is -2.27. The molecule has 3 nitrogen and oxygen atoms in total. The predicted octanol–water partition coefficient (Wildman–Crippen LogP) is 2.02. The molecular weight excluding hydrogens is 180 g/mol. The molecule has 0 saturated heterocycles. The second-order valence-electron chi connectivity index (χ2n) is 4.52. The minimum atomic E-state index is -0.396. The van der Waals surface area contributed by atoms with Crippen LogP contribution in [0.1, 0.15) is 34.1 Å². The van der Waals surface area contributed by atoms with Crippen LogP contribution in [0.2, 0.25) is 0 Å². The molecule has 0 aromatic rings. The summed E-state index contributed by atoms with van der Waals surface area (Å²) < 4.78 is 0. The Balaban J connectivity index is 3.03. The van der Waals surface area contributed by atoms with E-state index in [1.807, 2.05) is 13.8 Å². The molecule has 1 atom stereocenters. The summed E-state index contributed by atoms with van der Waals surface area (Å²) in [5.41, 5.74) is 0.293. The molecular formula is C11H16O3. The zero-order chi connectivity index (χ0) is 11.1. The minimum Gasteiger partial charge on any atom is -0.504 e. The van der Waals surface area contributed by atoms with Gasteiger partial charge in [-0.05, 0) is 24.8 Å². The summed E-state index contributed by atoms with van der Waals surface area (Å²) in [5, 5.41) is 9.50. The number of allylic oxidation sites excluding steroid dienone is 2. The first-order valence-electron chi connectivity index (χ1n) is 4.72. The Morgan fingerprint density at radius 1 is 1.50 bits per heavy atom. The first-order valence-corrected chi connectivity index (χ1v) is 4.72. The van der Waals surface area contributed by atoms with E-state index in [2.05, 4.69) is 0 Å². The standard InChI is InChI=1S/C11H16O3/c1-6(12)5-8-10(14)9(13)7(2)11(8,3)4/h8,13H,5H2,1-4H3. The van der Waals surface area contributed by atoms with Gasteiger partial charge in [0.05, 0.1) is 0 Å². The molecule has 0 heterocycles. The van der Waals surface area contributed by atoms with Crippen LogP contribution in [-0.2, 0) is 9.59 Å². The SMILES string of the molecule is CC(=O)CC1C(=O)C(O)=C(C)C1(C)C. The van der Waals surface area contributed by atoms with Gasteiger partial charge in [-0.1, -0.05) is 13.8 Å². The first-order chi connectivity index (χ1) is 6.28. The number of aliphatic hydroxyl groups excluding tert-OH is 1. The van der Waals surface area contributed by atoms with E-state index in [1.165, 1.54) is 6.92 Å². The van der Waals surface area contributed by atoms with E-state index in [4.69, 9.17) is 0 Å². The average Bonchev–Trinajstić information content (AvgIpc) is 2.20. The number of hydrogen-bond donors (Lipinski definition) is 1. The molecule has 1 N–H and O–H groups in total. The van der Waals surface area contributed by atoms with Gasteiger partial charge in [0, 0.05) is 12.3 Å². The maximum atomic E-state index is 11.6. The highest BCUT2D eigenvalue weighted by Gasteiger charge is 2.46. The molecule has 0 spiro atoms. The highest BCUT2D eigenvalue weighted by atomic mass is 16.3.